The fraction of sp³-hybridized carbons (Fsp3) is 0.300. The number of hydrogen-bond acceptors (Lipinski definition) is 5. The number of rotatable bonds is 5. The van der Waals surface area contributed by atoms with Gasteiger partial charge in [-0.05, 0) is 37.1 Å². The third-order valence-corrected chi connectivity index (χ3v) is 5.73. The van der Waals surface area contributed by atoms with Crippen molar-refractivity contribution in [3.8, 4) is 22.9 Å². The van der Waals surface area contributed by atoms with Gasteiger partial charge in [-0.25, -0.2) is 4.39 Å². The summed E-state index contributed by atoms with van der Waals surface area (Å²) in [4.78, 5) is 0. The minimum absolute atomic E-state index is 0.0637. The normalized spacial score (nSPS) is 18.5. The molecule has 7 heteroatoms. The molecule has 27 heavy (non-hydrogen) atoms. The number of nitrogens with zero attached hydrogens (tertiary/aromatic N) is 3. The molecule has 0 saturated heterocycles. The van der Waals surface area contributed by atoms with Crippen molar-refractivity contribution in [2.24, 2.45) is 0 Å². The van der Waals surface area contributed by atoms with Gasteiger partial charge in [-0.3, -0.25) is 4.57 Å². The van der Waals surface area contributed by atoms with Crippen LogP contribution in [-0.4, -0.2) is 33.2 Å². The van der Waals surface area contributed by atoms with Crippen molar-refractivity contribution in [2.45, 2.75) is 30.1 Å². The molecule has 5 nitrogen and oxygen atoms in total. The van der Waals surface area contributed by atoms with Crippen LogP contribution in [0.4, 0.5) is 4.39 Å². The Labute approximate surface area is 160 Å². The van der Waals surface area contributed by atoms with Crippen molar-refractivity contribution >= 4 is 11.8 Å². The van der Waals surface area contributed by atoms with Crippen LogP contribution in [0.15, 0.2) is 53.7 Å². The van der Waals surface area contributed by atoms with Gasteiger partial charge < -0.3 is 9.47 Å². The van der Waals surface area contributed by atoms with E-state index in [1.54, 1.807) is 23.9 Å². The van der Waals surface area contributed by atoms with E-state index >= 15 is 0 Å². The van der Waals surface area contributed by atoms with Gasteiger partial charge in [0.05, 0.1) is 5.56 Å². The second-order valence-electron chi connectivity index (χ2n) is 6.70. The van der Waals surface area contributed by atoms with Crippen molar-refractivity contribution in [3.05, 3.63) is 54.3 Å². The first-order valence-corrected chi connectivity index (χ1v) is 9.99. The molecule has 1 aliphatic heterocycles. The maximum absolute atomic E-state index is 14.2. The molecule has 0 radical (unpaired) electrons. The molecule has 0 bridgehead atoms. The molecule has 2 aromatic carbocycles. The van der Waals surface area contributed by atoms with E-state index in [0.717, 1.165) is 29.5 Å². The molecule has 2 aliphatic rings. The molecular weight excluding hydrogens is 365 g/mol. The Bertz CT molecular complexity index is 973. The predicted octanol–water partition coefficient (Wildman–Crippen LogP) is 4.35. The second-order valence-corrected chi connectivity index (χ2v) is 7.68. The molecule has 0 spiro atoms. The number of benzene rings is 2. The van der Waals surface area contributed by atoms with Gasteiger partial charge in [-0.1, -0.05) is 36.0 Å². The van der Waals surface area contributed by atoms with E-state index in [0.29, 0.717) is 29.8 Å². The molecule has 1 aromatic heterocycles. The molecule has 0 unspecified atom stereocenters. The van der Waals surface area contributed by atoms with Gasteiger partial charge in [0.2, 0.25) is 0 Å². The molecule has 3 aromatic rings. The monoisotopic (exact) mass is 383 g/mol. The van der Waals surface area contributed by atoms with E-state index in [9.17, 15) is 4.39 Å². The summed E-state index contributed by atoms with van der Waals surface area (Å²) in [5.41, 5.74) is 0.495. The molecule has 0 N–H and O–H groups in total. The summed E-state index contributed by atoms with van der Waals surface area (Å²) >= 11 is 1.58. The third-order valence-electron chi connectivity index (χ3n) is 4.66. The number of halogens is 1. The third kappa shape index (κ3) is 3.27. The number of thioether (sulfide) groups is 1. The van der Waals surface area contributed by atoms with Crippen LogP contribution < -0.4 is 9.47 Å². The molecular formula is C20H18FN3O2S. The van der Waals surface area contributed by atoms with Gasteiger partial charge in [-0.2, -0.15) is 0 Å². The SMILES string of the molecule is Fc1ccccc1-c1nnc(SC[C@H]2COc3ccccc3O2)n1C1CC1. The van der Waals surface area contributed by atoms with Crippen LogP contribution in [0.5, 0.6) is 11.5 Å². The first-order chi connectivity index (χ1) is 13.3. The number of ether oxygens (including phenoxy) is 2. The van der Waals surface area contributed by atoms with E-state index in [1.165, 1.54) is 6.07 Å². The number of aromatic nitrogens is 3. The topological polar surface area (TPSA) is 49.2 Å². The second kappa shape index (κ2) is 6.88. The lowest BCUT2D eigenvalue weighted by molar-refractivity contribution is 0.107. The van der Waals surface area contributed by atoms with E-state index < -0.39 is 0 Å². The van der Waals surface area contributed by atoms with Gasteiger partial charge in [0, 0.05) is 11.8 Å². The van der Waals surface area contributed by atoms with Crippen molar-refractivity contribution in [3.63, 3.8) is 0 Å². The van der Waals surface area contributed by atoms with Crippen LogP contribution in [0.1, 0.15) is 18.9 Å². The van der Waals surface area contributed by atoms with Gasteiger partial charge in [0.25, 0.3) is 0 Å². The summed E-state index contributed by atoms with van der Waals surface area (Å²) < 4.78 is 28.1. The highest BCUT2D eigenvalue weighted by Crippen LogP contribution is 2.42. The Morgan fingerprint density at radius 2 is 1.81 bits per heavy atom. The first kappa shape index (κ1) is 16.6. The molecule has 138 valence electrons. The first-order valence-electron chi connectivity index (χ1n) is 9.00. The summed E-state index contributed by atoms with van der Waals surface area (Å²) in [5.74, 6) is 2.57. The Balaban J connectivity index is 1.35. The molecule has 1 aliphatic carbocycles. The fourth-order valence-corrected chi connectivity index (χ4v) is 4.15. The summed E-state index contributed by atoms with van der Waals surface area (Å²) in [6, 6.07) is 14.7. The molecule has 2 heterocycles. The maximum atomic E-state index is 14.2. The van der Waals surface area contributed by atoms with E-state index in [1.807, 2.05) is 30.3 Å². The van der Waals surface area contributed by atoms with Gasteiger partial charge >= 0.3 is 0 Å². The molecule has 1 fully saturated rings. The van der Waals surface area contributed by atoms with Crippen molar-refractivity contribution in [2.75, 3.05) is 12.4 Å². The minimum atomic E-state index is -0.274. The van der Waals surface area contributed by atoms with Crippen LogP contribution in [0.2, 0.25) is 0 Å². The standard InChI is InChI=1S/C20H18FN3O2S/c21-16-6-2-1-5-15(16)19-22-23-20(24(19)13-9-10-13)27-12-14-11-25-17-7-3-4-8-18(17)26-14/h1-8,13-14H,9-12H2/t14-/m1/s1. The summed E-state index contributed by atoms with van der Waals surface area (Å²) in [6.07, 6.45) is 2.08. The lowest BCUT2D eigenvalue weighted by atomic mass is 10.2. The lowest BCUT2D eigenvalue weighted by Crippen LogP contribution is -2.31. The lowest BCUT2D eigenvalue weighted by Gasteiger charge is -2.26. The highest BCUT2D eigenvalue weighted by molar-refractivity contribution is 7.99. The van der Waals surface area contributed by atoms with E-state index in [2.05, 4.69) is 14.8 Å². The predicted molar refractivity (Wildman–Crippen MR) is 101 cm³/mol. The number of para-hydroxylation sites is 2. The molecule has 1 atom stereocenters. The largest absolute Gasteiger partial charge is 0.486 e. The van der Waals surface area contributed by atoms with Gasteiger partial charge in [0.15, 0.2) is 22.5 Å². The zero-order chi connectivity index (χ0) is 18.2. The van der Waals surface area contributed by atoms with Crippen molar-refractivity contribution < 1.29 is 13.9 Å². The number of fused-ring (bicyclic) bond motifs is 1. The van der Waals surface area contributed by atoms with Crippen LogP contribution in [-0.2, 0) is 0 Å². The Morgan fingerprint density at radius 1 is 1.04 bits per heavy atom. The summed E-state index contributed by atoms with van der Waals surface area (Å²) in [6.45, 7) is 0.502. The van der Waals surface area contributed by atoms with Crippen molar-refractivity contribution in [1.29, 1.82) is 0 Å². The van der Waals surface area contributed by atoms with Crippen LogP contribution in [0, 0.1) is 5.82 Å². The molecule has 1 saturated carbocycles. The van der Waals surface area contributed by atoms with Crippen LogP contribution >= 0.6 is 11.8 Å². The average Bonchev–Trinajstić information content (AvgIpc) is 3.46. The highest BCUT2D eigenvalue weighted by atomic mass is 32.2. The Morgan fingerprint density at radius 3 is 2.63 bits per heavy atom. The smallest absolute Gasteiger partial charge is 0.191 e. The van der Waals surface area contributed by atoms with Gasteiger partial charge in [-0.15, -0.1) is 10.2 Å². The van der Waals surface area contributed by atoms with Crippen molar-refractivity contribution in [1.82, 2.24) is 14.8 Å². The highest BCUT2D eigenvalue weighted by Gasteiger charge is 2.31. The summed E-state index contributed by atoms with van der Waals surface area (Å²) in [5, 5.41) is 9.43. The molecule has 0 amide bonds. The minimum Gasteiger partial charge on any atom is -0.486 e. The number of hydrogen-bond donors (Lipinski definition) is 0. The zero-order valence-corrected chi connectivity index (χ0v) is 15.4. The Hall–Kier alpha value is -2.54. The van der Waals surface area contributed by atoms with Crippen LogP contribution in [0.3, 0.4) is 0 Å². The maximum Gasteiger partial charge on any atom is 0.191 e. The van der Waals surface area contributed by atoms with E-state index in [4.69, 9.17) is 9.47 Å². The quantitative estimate of drug-likeness (QED) is 0.613. The summed E-state index contributed by atoms with van der Waals surface area (Å²) in [7, 11) is 0. The zero-order valence-electron chi connectivity index (χ0n) is 14.5. The van der Waals surface area contributed by atoms with Crippen LogP contribution in [0.25, 0.3) is 11.4 Å². The average molecular weight is 383 g/mol. The Kier molecular flexibility index (Phi) is 4.24. The van der Waals surface area contributed by atoms with E-state index in [-0.39, 0.29) is 11.9 Å². The fourth-order valence-electron chi connectivity index (χ4n) is 3.18. The molecule has 5 rings (SSSR count). The van der Waals surface area contributed by atoms with Gasteiger partial charge in [0.1, 0.15) is 18.5 Å².